The zero-order valence-electron chi connectivity index (χ0n) is 23.3. The van der Waals surface area contributed by atoms with Crippen molar-refractivity contribution in [2.75, 3.05) is 32.5 Å². The van der Waals surface area contributed by atoms with Crippen molar-refractivity contribution in [1.82, 2.24) is 24.5 Å². The molecule has 3 atom stereocenters. The summed E-state index contributed by atoms with van der Waals surface area (Å²) in [4.78, 5) is 20.8. The number of rotatable bonds is 9. The van der Waals surface area contributed by atoms with E-state index in [9.17, 15) is 13.2 Å². The van der Waals surface area contributed by atoms with Gasteiger partial charge in [0.2, 0.25) is 10.0 Å². The van der Waals surface area contributed by atoms with Gasteiger partial charge in [0.1, 0.15) is 5.75 Å². The van der Waals surface area contributed by atoms with Gasteiger partial charge < -0.3 is 19.5 Å². The molecule has 1 amide bonds. The van der Waals surface area contributed by atoms with E-state index in [0.29, 0.717) is 38.4 Å². The van der Waals surface area contributed by atoms with Crippen LogP contribution in [0.25, 0.3) is 11.3 Å². The summed E-state index contributed by atoms with van der Waals surface area (Å²) in [6.45, 7) is 4.53. The minimum absolute atomic E-state index is 0.0326. The molecule has 1 saturated carbocycles. The molecule has 214 valence electrons. The number of nitrogens with one attached hydrogen (secondary N) is 2. The maximum absolute atomic E-state index is 14.2. The molecule has 2 fully saturated rings. The maximum atomic E-state index is 14.2. The predicted octanol–water partition coefficient (Wildman–Crippen LogP) is 3.77. The van der Waals surface area contributed by atoms with Crippen molar-refractivity contribution < 1.29 is 17.9 Å². The lowest BCUT2D eigenvalue weighted by atomic mass is 9.90. The number of nitrogens with zero attached hydrogens (tertiary/aromatic N) is 3. The Balaban J connectivity index is 1.41. The summed E-state index contributed by atoms with van der Waals surface area (Å²) in [6, 6.07) is 17.4. The van der Waals surface area contributed by atoms with Crippen LogP contribution in [0.1, 0.15) is 54.2 Å². The Morgan fingerprint density at radius 3 is 2.60 bits per heavy atom. The number of piperazine rings is 1. The Hall–Kier alpha value is -3.21. The first-order valence-electron chi connectivity index (χ1n) is 14.1. The Kier molecular flexibility index (Phi) is 8.87. The molecule has 2 N–H and O–H groups in total. The van der Waals surface area contributed by atoms with Crippen LogP contribution in [-0.4, -0.2) is 73.4 Å². The third-order valence-electron chi connectivity index (χ3n) is 7.85. The van der Waals surface area contributed by atoms with Gasteiger partial charge in [0.15, 0.2) is 5.69 Å². The highest BCUT2D eigenvalue weighted by Crippen LogP contribution is 2.35. The fourth-order valence-electron chi connectivity index (χ4n) is 5.88. The molecule has 1 aromatic heterocycles. The van der Waals surface area contributed by atoms with Crippen molar-refractivity contribution in [3.05, 3.63) is 72.2 Å². The quantitative estimate of drug-likeness (QED) is 0.409. The van der Waals surface area contributed by atoms with Gasteiger partial charge in [-0.15, -0.1) is 0 Å². The first-order chi connectivity index (χ1) is 19.3. The van der Waals surface area contributed by atoms with E-state index in [-0.39, 0.29) is 24.0 Å². The van der Waals surface area contributed by atoms with E-state index in [2.05, 4.69) is 15.0 Å². The van der Waals surface area contributed by atoms with E-state index in [1.165, 1.54) is 11.8 Å². The number of aryl methyl sites for hydroxylation is 1. The minimum atomic E-state index is -3.39. The second-order valence-corrected chi connectivity index (χ2v) is 12.7. The topological polar surface area (TPSA) is 106 Å². The summed E-state index contributed by atoms with van der Waals surface area (Å²) in [7, 11) is -3.39. The summed E-state index contributed by atoms with van der Waals surface area (Å²) in [5.74, 6) is 0.713. The Morgan fingerprint density at radius 1 is 1.10 bits per heavy atom. The lowest BCUT2D eigenvalue weighted by molar-refractivity contribution is 0.0601. The van der Waals surface area contributed by atoms with Crippen LogP contribution in [-0.2, 0) is 10.0 Å². The third-order valence-corrected chi connectivity index (χ3v) is 8.58. The summed E-state index contributed by atoms with van der Waals surface area (Å²) in [6.07, 6.45) is 7.11. The number of benzene rings is 2. The summed E-state index contributed by atoms with van der Waals surface area (Å²) < 4.78 is 35.2. The van der Waals surface area contributed by atoms with Gasteiger partial charge in [-0.05, 0) is 31.9 Å². The number of hydrogen-bond donors (Lipinski definition) is 2. The average Bonchev–Trinajstić information content (AvgIpc) is 3.39. The largest absolute Gasteiger partial charge is 0.494 e. The van der Waals surface area contributed by atoms with E-state index in [0.717, 1.165) is 42.7 Å². The van der Waals surface area contributed by atoms with Crippen molar-refractivity contribution in [3.8, 4) is 17.0 Å². The second-order valence-electron chi connectivity index (χ2n) is 10.9. The van der Waals surface area contributed by atoms with Crippen LogP contribution in [0, 0.1) is 6.92 Å². The third kappa shape index (κ3) is 6.74. The number of aromatic nitrogens is 2. The van der Waals surface area contributed by atoms with Gasteiger partial charge in [0.25, 0.3) is 5.91 Å². The first kappa shape index (κ1) is 28.3. The highest BCUT2D eigenvalue weighted by molar-refractivity contribution is 7.88. The van der Waals surface area contributed by atoms with Crippen molar-refractivity contribution in [1.29, 1.82) is 0 Å². The average molecular weight is 566 g/mol. The smallest absolute Gasteiger partial charge is 0.275 e. The molecule has 1 aliphatic heterocycles. The first-order valence-corrected chi connectivity index (χ1v) is 16.0. The molecule has 1 aliphatic carbocycles. The van der Waals surface area contributed by atoms with Crippen molar-refractivity contribution in [2.45, 2.75) is 57.2 Å². The van der Waals surface area contributed by atoms with Gasteiger partial charge in [0.05, 0.1) is 30.9 Å². The highest BCUT2D eigenvalue weighted by atomic mass is 32.2. The van der Waals surface area contributed by atoms with Gasteiger partial charge in [0, 0.05) is 43.7 Å². The number of carbonyl (C=O) groups is 1. The minimum Gasteiger partial charge on any atom is -0.494 e. The van der Waals surface area contributed by atoms with E-state index >= 15 is 0 Å². The fraction of sp³-hybridized carbons (Fsp3) is 0.467. The lowest BCUT2D eigenvalue weighted by Gasteiger charge is -2.36. The van der Waals surface area contributed by atoms with Gasteiger partial charge in [-0.1, -0.05) is 60.9 Å². The van der Waals surface area contributed by atoms with Crippen LogP contribution in [0.4, 0.5) is 0 Å². The van der Waals surface area contributed by atoms with Crippen molar-refractivity contribution in [3.63, 3.8) is 0 Å². The van der Waals surface area contributed by atoms with Gasteiger partial charge in [-0.2, -0.15) is 0 Å². The number of sulfonamides is 1. The monoisotopic (exact) mass is 565 g/mol. The van der Waals surface area contributed by atoms with Crippen LogP contribution < -0.4 is 14.8 Å². The number of imidazole rings is 1. The molecule has 2 aromatic carbocycles. The Labute approximate surface area is 237 Å². The number of carbonyl (C=O) groups excluding carboxylic acids is 1. The van der Waals surface area contributed by atoms with Crippen LogP contribution >= 0.6 is 0 Å². The van der Waals surface area contributed by atoms with Crippen molar-refractivity contribution >= 4 is 15.9 Å². The molecule has 0 bridgehead atoms. The van der Waals surface area contributed by atoms with Crippen molar-refractivity contribution in [2.24, 2.45) is 0 Å². The molecule has 5 rings (SSSR count). The fourth-order valence-corrected chi connectivity index (χ4v) is 6.70. The molecular weight excluding hydrogens is 526 g/mol. The van der Waals surface area contributed by atoms with E-state index in [1.807, 2.05) is 71.0 Å². The molecule has 2 aliphatic rings. The molecule has 10 heteroatoms. The Bertz CT molecular complexity index is 1390. The molecule has 2 unspecified atom stereocenters. The van der Waals surface area contributed by atoms with Crippen LogP contribution in [0.15, 0.2) is 60.9 Å². The molecular formula is C30H39N5O4S. The SMILES string of the molecule is Cc1ccc(OCC[C@H]2CNCCN2C(=O)c2ncn(C3CCCCC3NS(C)(=O)=O)c2-c2ccccc2)cc1. The number of amides is 1. The van der Waals surface area contributed by atoms with Crippen LogP contribution in [0.2, 0.25) is 0 Å². The number of ether oxygens (including phenoxy) is 1. The van der Waals surface area contributed by atoms with Gasteiger partial charge in [-0.25, -0.2) is 18.1 Å². The highest BCUT2D eigenvalue weighted by Gasteiger charge is 2.35. The zero-order valence-corrected chi connectivity index (χ0v) is 24.1. The summed E-state index contributed by atoms with van der Waals surface area (Å²) >= 11 is 0. The van der Waals surface area contributed by atoms with Gasteiger partial charge >= 0.3 is 0 Å². The number of hydrogen-bond acceptors (Lipinski definition) is 6. The normalized spacial score (nSPS) is 21.8. The molecule has 0 radical (unpaired) electrons. The molecule has 1 saturated heterocycles. The van der Waals surface area contributed by atoms with Gasteiger partial charge in [-0.3, -0.25) is 4.79 Å². The second kappa shape index (κ2) is 12.5. The molecule has 2 heterocycles. The standard InChI is InChI=1S/C30H39N5O4S/c1-22-12-14-25(15-13-22)39-19-16-24-20-31-17-18-34(24)30(36)28-29(23-8-4-3-5-9-23)35(21-32-28)27-11-7-6-10-26(27)33-40(2,37)38/h3-5,8-9,12-15,21,24,26-27,31,33H,6-7,10-11,16-20H2,1-2H3/t24-,26?,27?/m0/s1. The van der Waals surface area contributed by atoms with Crippen LogP contribution in [0.3, 0.4) is 0 Å². The molecule has 40 heavy (non-hydrogen) atoms. The Morgan fingerprint density at radius 2 is 1.85 bits per heavy atom. The van der Waals surface area contributed by atoms with E-state index in [1.54, 1.807) is 6.33 Å². The maximum Gasteiger partial charge on any atom is 0.275 e. The van der Waals surface area contributed by atoms with Crippen LogP contribution in [0.5, 0.6) is 5.75 Å². The molecule has 9 nitrogen and oxygen atoms in total. The molecule has 3 aromatic rings. The predicted molar refractivity (Wildman–Crippen MR) is 156 cm³/mol. The van der Waals surface area contributed by atoms with E-state index in [4.69, 9.17) is 4.74 Å². The summed E-state index contributed by atoms with van der Waals surface area (Å²) in [5, 5.41) is 3.42. The summed E-state index contributed by atoms with van der Waals surface area (Å²) in [5.41, 5.74) is 3.22. The lowest BCUT2D eigenvalue weighted by Crippen LogP contribution is -2.54. The zero-order chi connectivity index (χ0) is 28.1. The molecule has 0 spiro atoms. The van der Waals surface area contributed by atoms with E-state index < -0.39 is 10.0 Å².